The highest BCUT2D eigenvalue weighted by molar-refractivity contribution is 5.91. The predicted octanol–water partition coefficient (Wildman–Crippen LogP) is 1.25. The van der Waals surface area contributed by atoms with E-state index in [9.17, 15) is 46.7 Å². The summed E-state index contributed by atoms with van der Waals surface area (Å²) in [5.41, 5.74) is -1.24. The summed E-state index contributed by atoms with van der Waals surface area (Å²) in [4.78, 5) is 91.9. The van der Waals surface area contributed by atoms with Crippen LogP contribution in [0, 0.1) is 0 Å². The number of ether oxygens (including phenoxy) is 10. The van der Waals surface area contributed by atoms with Crippen LogP contribution in [0.4, 0.5) is 18.0 Å². The first-order chi connectivity index (χ1) is 24.4. The first-order valence-electron chi connectivity index (χ1n) is 16.0. The van der Waals surface area contributed by atoms with Crippen LogP contribution in [0.2, 0.25) is 0 Å². The first-order valence-corrected chi connectivity index (χ1v) is 16.0. The van der Waals surface area contributed by atoms with Gasteiger partial charge in [0.25, 0.3) is 5.90 Å². The molecule has 0 spiro atoms. The number of alkyl halides is 3. The normalized spacial score (nSPS) is 29.6. The van der Waals surface area contributed by atoms with Gasteiger partial charge >= 0.3 is 42.1 Å². The van der Waals surface area contributed by atoms with Gasteiger partial charge in [0.05, 0.1) is 0 Å². The molecule has 3 aliphatic heterocycles. The second kappa shape index (κ2) is 17.1. The summed E-state index contributed by atoms with van der Waals surface area (Å²) < 4.78 is 96.0. The van der Waals surface area contributed by atoms with Crippen LogP contribution in [0.5, 0.6) is 0 Å². The molecule has 22 heteroatoms. The Morgan fingerprint density at radius 1 is 0.698 bits per heavy atom. The van der Waals surface area contributed by atoms with Gasteiger partial charge in [-0.05, 0) is 20.8 Å². The van der Waals surface area contributed by atoms with Crippen molar-refractivity contribution in [2.24, 2.45) is 4.99 Å². The minimum atomic E-state index is -5.12. The van der Waals surface area contributed by atoms with Crippen LogP contribution in [0.15, 0.2) is 4.99 Å². The number of amides is 2. The molecule has 2 saturated heterocycles. The molecule has 298 valence electrons. The summed E-state index contributed by atoms with van der Waals surface area (Å²) in [6, 6.07) is -3.73. The number of hydrogen-bond donors (Lipinski definition) is 0. The van der Waals surface area contributed by atoms with E-state index in [1.165, 1.54) is 20.8 Å². The molecule has 0 unspecified atom stereocenters. The number of carbonyl (C=O) groups is 7. The molecule has 0 aromatic carbocycles. The van der Waals surface area contributed by atoms with Crippen molar-refractivity contribution in [1.29, 1.82) is 0 Å². The molecule has 0 saturated carbocycles. The first kappa shape index (κ1) is 42.8. The zero-order valence-electron chi connectivity index (χ0n) is 30.2. The molecule has 0 bridgehead atoms. The van der Waals surface area contributed by atoms with Crippen LogP contribution in [0.3, 0.4) is 0 Å². The van der Waals surface area contributed by atoms with Crippen LogP contribution in [-0.2, 0) is 76.1 Å². The Morgan fingerprint density at radius 3 is 1.64 bits per heavy atom. The third kappa shape index (κ3) is 11.5. The van der Waals surface area contributed by atoms with E-state index in [0.717, 1.165) is 41.5 Å². The second-order valence-electron chi connectivity index (χ2n) is 12.9. The minimum Gasteiger partial charge on any atom is -0.463 e. The van der Waals surface area contributed by atoms with Crippen LogP contribution in [-0.4, -0.2) is 139 Å². The summed E-state index contributed by atoms with van der Waals surface area (Å²) in [5, 5.41) is 0. The third-order valence-electron chi connectivity index (χ3n) is 7.29. The summed E-state index contributed by atoms with van der Waals surface area (Å²) in [6.07, 6.45) is -20.9. The lowest BCUT2D eigenvalue weighted by Crippen LogP contribution is -2.70. The SMILES string of the molecule is CC(=O)OC[C@H]1O[C@@H]2OC(C(F)(F)F)=N[C@@H]2[C@@H](OC(C)=O)[C@@H]1O[C@@H]1O[C@H](COC(C)=O)[C@@H](OC(C)=O)[C@H](OC(C)=O)[C@H]1N(C(C)=O)C(=O)OC(C)(C)C. The van der Waals surface area contributed by atoms with Crippen molar-refractivity contribution in [3.05, 3.63) is 0 Å². The molecule has 0 aliphatic carbocycles. The second-order valence-corrected chi connectivity index (χ2v) is 12.9. The van der Waals surface area contributed by atoms with Gasteiger partial charge in [-0.25, -0.2) is 14.7 Å². The quantitative estimate of drug-likeness (QED) is 0.225. The largest absolute Gasteiger partial charge is 0.468 e. The third-order valence-corrected chi connectivity index (χ3v) is 7.29. The van der Waals surface area contributed by atoms with E-state index < -0.39 is 134 Å². The maximum absolute atomic E-state index is 13.7. The van der Waals surface area contributed by atoms with Crippen molar-refractivity contribution < 1.29 is 94.1 Å². The molecular formula is C31H41F3N2O17. The molecule has 3 aliphatic rings. The van der Waals surface area contributed by atoms with Gasteiger partial charge in [-0.15, -0.1) is 0 Å². The van der Waals surface area contributed by atoms with Gasteiger partial charge in [-0.3, -0.25) is 28.8 Å². The molecule has 2 amide bonds. The molecule has 3 rings (SSSR count). The van der Waals surface area contributed by atoms with Crippen LogP contribution < -0.4 is 0 Å². The fraction of sp³-hybridized carbons (Fsp3) is 0.742. The number of nitrogens with zero attached hydrogens (tertiary/aromatic N) is 2. The molecule has 0 N–H and O–H groups in total. The maximum atomic E-state index is 13.7. The summed E-state index contributed by atoms with van der Waals surface area (Å²) in [6.45, 7) is 8.71. The highest BCUT2D eigenvalue weighted by atomic mass is 19.4. The van der Waals surface area contributed by atoms with Crippen LogP contribution in [0.1, 0.15) is 62.3 Å². The number of halogens is 3. The van der Waals surface area contributed by atoms with E-state index in [0.29, 0.717) is 4.90 Å². The van der Waals surface area contributed by atoms with Crippen LogP contribution in [0.25, 0.3) is 0 Å². The van der Waals surface area contributed by atoms with Gasteiger partial charge in [0, 0.05) is 41.5 Å². The Hall–Kier alpha value is -4.57. The fourth-order valence-electron chi connectivity index (χ4n) is 5.56. The smallest absolute Gasteiger partial charge is 0.463 e. The Labute approximate surface area is 300 Å². The Balaban J connectivity index is 2.29. The number of esters is 5. The zero-order valence-corrected chi connectivity index (χ0v) is 30.2. The highest BCUT2D eigenvalue weighted by Crippen LogP contribution is 2.39. The van der Waals surface area contributed by atoms with Crippen molar-refractivity contribution >= 4 is 47.7 Å². The van der Waals surface area contributed by atoms with E-state index in [1.807, 2.05) is 0 Å². The van der Waals surface area contributed by atoms with E-state index in [-0.39, 0.29) is 0 Å². The number of aliphatic imine (C=N–C) groups is 1. The summed E-state index contributed by atoms with van der Waals surface area (Å²) >= 11 is 0. The maximum Gasteiger partial charge on any atom is 0.468 e. The number of hydrogen-bond acceptors (Lipinski definition) is 18. The Bertz CT molecular complexity index is 1460. The molecule has 19 nitrogen and oxygen atoms in total. The molecule has 53 heavy (non-hydrogen) atoms. The van der Waals surface area contributed by atoms with Gasteiger partial charge in [-0.1, -0.05) is 0 Å². The zero-order chi connectivity index (χ0) is 40.2. The molecule has 3 heterocycles. The lowest BCUT2D eigenvalue weighted by molar-refractivity contribution is -0.331. The molecule has 10 atom stereocenters. The van der Waals surface area contributed by atoms with Gasteiger partial charge < -0.3 is 47.4 Å². The predicted molar refractivity (Wildman–Crippen MR) is 163 cm³/mol. The summed E-state index contributed by atoms with van der Waals surface area (Å²) in [7, 11) is 0. The number of rotatable bonds is 10. The van der Waals surface area contributed by atoms with Crippen molar-refractivity contribution in [2.45, 2.75) is 135 Å². The van der Waals surface area contributed by atoms with Gasteiger partial charge in [-0.2, -0.15) is 13.2 Å². The molecular weight excluding hydrogens is 729 g/mol. The molecule has 0 aromatic heterocycles. The molecule has 0 radical (unpaired) electrons. The standard InChI is InChI=1S/C31H41F3N2O17/c1-12(37)36(29(43)53-30(7,8)9)21-25(48-17(6)42)23(46-15(4)40)19(11-45-14(3)39)50-27(21)51-22-18(10-44-13(2)38)49-26-20(24(22)47-16(5)41)35-28(52-26)31(32,33)34/h18-27H,10-11H2,1-9H3/t18-,19-,20-,21-,22-,23-,24-,25-,26-,27+/m1/s1. The topological polar surface area (TPSA) is 227 Å². The van der Waals surface area contributed by atoms with Crippen molar-refractivity contribution in [3.63, 3.8) is 0 Å². The van der Waals surface area contributed by atoms with E-state index in [4.69, 9.17) is 47.4 Å². The number of fused-ring (bicyclic) bond motifs is 1. The van der Waals surface area contributed by atoms with Gasteiger partial charge in [0.15, 0.2) is 30.6 Å². The van der Waals surface area contributed by atoms with E-state index in [2.05, 4.69) is 4.99 Å². The lowest BCUT2D eigenvalue weighted by atomic mass is 9.93. The van der Waals surface area contributed by atoms with Crippen LogP contribution >= 0.6 is 0 Å². The monoisotopic (exact) mass is 770 g/mol. The minimum absolute atomic E-state index is 0.426. The molecule has 0 aromatic rings. The lowest BCUT2D eigenvalue weighted by Gasteiger charge is -2.50. The van der Waals surface area contributed by atoms with Crippen molar-refractivity contribution in [2.75, 3.05) is 13.2 Å². The van der Waals surface area contributed by atoms with E-state index >= 15 is 0 Å². The molecule has 2 fully saturated rings. The number of imide groups is 1. The fourth-order valence-corrected chi connectivity index (χ4v) is 5.56. The average Bonchev–Trinajstić information content (AvgIpc) is 3.42. The van der Waals surface area contributed by atoms with Crippen molar-refractivity contribution in [1.82, 2.24) is 4.90 Å². The average molecular weight is 771 g/mol. The van der Waals surface area contributed by atoms with Gasteiger partial charge in [0.2, 0.25) is 12.2 Å². The summed E-state index contributed by atoms with van der Waals surface area (Å²) in [5.74, 6) is -7.59. The van der Waals surface area contributed by atoms with E-state index in [1.54, 1.807) is 0 Å². The number of carbonyl (C=O) groups excluding carboxylic acids is 7. The highest BCUT2D eigenvalue weighted by Gasteiger charge is 2.61. The van der Waals surface area contributed by atoms with Crippen molar-refractivity contribution in [3.8, 4) is 0 Å². The van der Waals surface area contributed by atoms with Gasteiger partial charge in [0.1, 0.15) is 43.2 Å². The Morgan fingerprint density at radius 2 is 1.19 bits per heavy atom. The Kier molecular flexibility index (Phi) is 13.8.